The molecule has 0 spiro atoms. The number of amides is 1. The van der Waals surface area contributed by atoms with Crippen LogP contribution in [0.1, 0.15) is 31.4 Å². The maximum absolute atomic E-state index is 12.0. The summed E-state index contributed by atoms with van der Waals surface area (Å²) in [6.07, 6.45) is 1.37. The van der Waals surface area contributed by atoms with E-state index in [0.29, 0.717) is 26.2 Å². The van der Waals surface area contributed by atoms with E-state index in [-0.39, 0.29) is 18.0 Å². The lowest BCUT2D eigenvalue weighted by Gasteiger charge is -2.27. The van der Waals surface area contributed by atoms with Gasteiger partial charge in [-0.3, -0.25) is 4.79 Å². The van der Waals surface area contributed by atoms with Crippen LogP contribution in [-0.4, -0.2) is 43.7 Å². The second-order valence-electron chi connectivity index (χ2n) is 5.31. The number of likely N-dealkylation sites (tertiary alicyclic amines) is 1. The zero-order chi connectivity index (χ0) is 15.2. The summed E-state index contributed by atoms with van der Waals surface area (Å²) in [4.78, 5) is 13.9. The van der Waals surface area contributed by atoms with Crippen molar-refractivity contribution < 1.29 is 14.3 Å². The van der Waals surface area contributed by atoms with Crippen molar-refractivity contribution >= 4 is 5.91 Å². The van der Waals surface area contributed by atoms with Gasteiger partial charge in [-0.1, -0.05) is 19.1 Å². The topological polar surface area (TPSA) is 64.8 Å². The average Bonchev–Trinajstić information content (AvgIpc) is 2.77. The van der Waals surface area contributed by atoms with Gasteiger partial charge in [-0.25, -0.2) is 0 Å². The molecule has 2 unspecified atom stereocenters. The lowest BCUT2D eigenvalue weighted by Crippen LogP contribution is -2.35. The van der Waals surface area contributed by atoms with Gasteiger partial charge < -0.3 is 20.1 Å². The first-order valence-electron chi connectivity index (χ1n) is 7.44. The molecule has 21 heavy (non-hydrogen) atoms. The number of nitrogens with zero attached hydrogens (tertiary/aromatic N) is 1. The minimum Gasteiger partial charge on any atom is -0.494 e. The van der Waals surface area contributed by atoms with Crippen LogP contribution in [0, 0.1) is 0 Å². The van der Waals surface area contributed by atoms with Crippen molar-refractivity contribution in [2.24, 2.45) is 5.73 Å². The van der Waals surface area contributed by atoms with Gasteiger partial charge in [0.1, 0.15) is 5.75 Å². The predicted octanol–water partition coefficient (Wildman–Crippen LogP) is 1.72. The molecule has 2 atom stereocenters. The number of benzene rings is 1. The first-order chi connectivity index (χ1) is 10.2. The molecular weight excluding hydrogens is 268 g/mol. The number of methoxy groups -OCH3 is 1. The zero-order valence-electron chi connectivity index (χ0n) is 12.7. The molecule has 0 bridgehead atoms. The Morgan fingerprint density at radius 3 is 2.62 bits per heavy atom. The van der Waals surface area contributed by atoms with Crippen molar-refractivity contribution in [2.45, 2.75) is 31.8 Å². The molecule has 1 fully saturated rings. The highest BCUT2D eigenvalue weighted by Crippen LogP contribution is 2.32. The van der Waals surface area contributed by atoms with Crippen LogP contribution in [0.25, 0.3) is 0 Å². The highest BCUT2D eigenvalue weighted by atomic mass is 16.5. The summed E-state index contributed by atoms with van der Waals surface area (Å²) in [5.41, 5.74) is 7.20. The molecule has 2 N–H and O–H groups in total. The van der Waals surface area contributed by atoms with E-state index in [9.17, 15) is 4.79 Å². The fourth-order valence-electron chi connectivity index (χ4n) is 2.68. The molecule has 0 saturated carbocycles. The first kappa shape index (κ1) is 15.8. The maximum atomic E-state index is 12.0. The highest BCUT2D eigenvalue weighted by Gasteiger charge is 2.38. The molecule has 116 valence electrons. The summed E-state index contributed by atoms with van der Waals surface area (Å²) < 4.78 is 10.7. The molecule has 1 saturated heterocycles. The molecule has 1 aromatic rings. The fraction of sp³-hybridized carbons (Fsp3) is 0.562. The monoisotopic (exact) mass is 292 g/mol. The first-order valence-corrected chi connectivity index (χ1v) is 7.44. The number of hydrogen-bond acceptors (Lipinski definition) is 4. The van der Waals surface area contributed by atoms with Crippen LogP contribution < -0.4 is 10.5 Å². The molecule has 1 aliphatic heterocycles. The normalized spacial score (nSPS) is 21.9. The summed E-state index contributed by atoms with van der Waals surface area (Å²) in [5, 5.41) is 0. The summed E-state index contributed by atoms with van der Waals surface area (Å²) >= 11 is 0. The van der Waals surface area contributed by atoms with E-state index in [1.807, 2.05) is 29.2 Å². The Bertz CT molecular complexity index is 461. The van der Waals surface area contributed by atoms with Crippen LogP contribution in [-0.2, 0) is 9.53 Å². The number of rotatable bonds is 7. The summed E-state index contributed by atoms with van der Waals surface area (Å²) in [6.45, 7) is 3.88. The number of ether oxygens (including phenoxy) is 2. The Hall–Kier alpha value is -1.59. The lowest BCUT2D eigenvalue weighted by molar-refractivity contribution is -0.129. The van der Waals surface area contributed by atoms with Crippen molar-refractivity contribution in [1.29, 1.82) is 0 Å². The van der Waals surface area contributed by atoms with Crippen LogP contribution in [0.5, 0.6) is 5.75 Å². The smallest absolute Gasteiger partial charge is 0.224 e. The van der Waals surface area contributed by atoms with E-state index in [1.165, 1.54) is 0 Å². The van der Waals surface area contributed by atoms with E-state index in [2.05, 4.69) is 6.92 Å². The van der Waals surface area contributed by atoms with Crippen LogP contribution in [0.15, 0.2) is 24.3 Å². The third-order valence-electron chi connectivity index (χ3n) is 3.70. The Labute approximate surface area is 126 Å². The van der Waals surface area contributed by atoms with E-state index in [1.54, 1.807) is 7.11 Å². The van der Waals surface area contributed by atoms with Crippen LogP contribution in [0.3, 0.4) is 0 Å². The van der Waals surface area contributed by atoms with Gasteiger partial charge in [-0.15, -0.1) is 0 Å². The number of carbonyl (C=O) groups excluding carboxylic acids is 1. The molecule has 1 aromatic carbocycles. The molecule has 2 rings (SSSR count). The SMILES string of the molecule is CCCOc1ccc(C2C(N)CC(=O)N2CCOC)cc1. The van der Waals surface area contributed by atoms with Crippen LogP contribution >= 0.6 is 0 Å². The molecule has 1 aliphatic rings. The van der Waals surface area contributed by atoms with Crippen molar-refractivity contribution in [3.8, 4) is 5.75 Å². The van der Waals surface area contributed by atoms with Crippen LogP contribution in [0.4, 0.5) is 0 Å². The fourth-order valence-corrected chi connectivity index (χ4v) is 2.68. The van der Waals surface area contributed by atoms with Crippen molar-refractivity contribution in [1.82, 2.24) is 4.90 Å². The number of hydrogen-bond donors (Lipinski definition) is 1. The minimum atomic E-state index is -0.170. The number of nitrogens with two attached hydrogens (primary N) is 1. The zero-order valence-corrected chi connectivity index (χ0v) is 12.7. The summed E-state index contributed by atoms with van der Waals surface area (Å²) in [5.74, 6) is 0.942. The van der Waals surface area contributed by atoms with E-state index >= 15 is 0 Å². The maximum Gasteiger partial charge on any atom is 0.224 e. The van der Waals surface area contributed by atoms with Gasteiger partial charge in [0.05, 0.1) is 19.3 Å². The molecule has 1 heterocycles. The van der Waals surface area contributed by atoms with Gasteiger partial charge in [0.15, 0.2) is 0 Å². The van der Waals surface area contributed by atoms with E-state index in [0.717, 1.165) is 17.7 Å². The quantitative estimate of drug-likeness (QED) is 0.831. The van der Waals surface area contributed by atoms with Crippen molar-refractivity contribution in [3.05, 3.63) is 29.8 Å². The standard InChI is InChI=1S/C16H24N2O3/c1-3-9-21-13-6-4-12(5-7-13)16-14(17)11-15(19)18(16)8-10-20-2/h4-7,14,16H,3,8-11,17H2,1-2H3. The van der Waals surface area contributed by atoms with Gasteiger partial charge in [-0.2, -0.15) is 0 Å². The largest absolute Gasteiger partial charge is 0.494 e. The molecule has 1 amide bonds. The lowest BCUT2D eigenvalue weighted by atomic mass is 10.0. The number of carbonyl (C=O) groups is 1. The highest BCUT2D eigenvalue weighted by molar-refractivity contribution is 5.80. The molecule has 0 aliphatic carbocycles. The second-order valence-corrected chi connectivity index (χ2v) is 5.31. The van der Waals surface area contributed by atoms with Crippen molar-refractivity contribution in [3.63, 3.8) is 0 Å². The molecular formula is C16H24N2O3. The molecule has 5 heteroatoms. The van der Waals surface area contributed by atoms with Gasteiger partial charge in [-0.05, 0) is 24.1 Å². The van der Waals surface area contributed by atoms with Crippen LogP contribution in [0.2, 0.25) is 0 Å². The Morgan fingerprint density at radius 2 is 2.00 bits per heavy atom. The Kier molecular flexibility index (Phi) is 5.59. The van der Waals surface area contributed by atoms with E-state index < -0.39 is 0 Å². The molecule has 0 aromatic heterocycles. The Morgan fingerprint density at radius 1 is 1.29 bits per heavy atom. The summed E-state index contributed by atoms with van der Waals surface area (Å²) in [6, 6.07) is 7.62. The summed E-state index contributed by atoms with van der Waals surface area (Å²) in [7, 11) is 1.63. The Balaban J connectivity index is 2.11. The van der Waals surface area contributed by atoms with Gasteiger partial charge in [0.2, 0.25) is 5.91 Å². The van der Waals surface area contributed by atoms with E-state index in [4.69, 9.17) is 15.2 Å². The third kappa shape index (κ3) is 3.74. The average molecular weight is 292 g/mol. The van der Waals surface area contributed by atoms with Crippen molar-refractivity contribution in [2.75, 3.05) is 26.9 Å². The van der Waals surface area contributed by atoms with Gasteiger partial charge in [0.25, 0.3) is 0 Å². The third-order valence-corrected chi connectivity index (χ3v) is 3.70. The van der Waals surface area contributed by atoms with Gasteiger partial charge in [0, 0.05) is 26.1 Å². The molecule has 0 radical (unpaired) electrons. The predicted molar refractivity (Wildman–Crippen MR) is 81.2 cm³/mol. The minimum absolute atomic E-state index is 0.0760. The molecule has 5 nitrogen and oxygen atoms in total. The second kappa shape index (κ2) is 7.43. The van der Waals surface area contributed by atoms with Gasteiger partial charge >= 0.3 is 0 Å².